The Morgan fingerprint density at radius 2 is 2.03 bits per heavy atom. The Morgan fingerprint density at radius 1 is 1.31 bits per heavy atom. The Hall–Kier alpha value is -2.45. The van der Waals surface area contributed by atoms with Crippen molar-refractivity contribution in [3.8, 4) is 0 Å². The van der Waals surface area contributed by atoms with Crippen LogP contribution in [-0.4, -0.2) is 39.6 Å². The lowest BCUT2D eigenvalue weighted by Gasteiger charge is -2.36. The monoisotopic (exact) mass is 416 g/mol. The van der Waals surface area contributed by atoms with Crippen molar-refractivity contribution >= 4 is 23.3 Å². The van der Waals surface area contributed by atoms with Gasteiger partial charge in [0.1, 0.15) is 0 Å². The Labute approximate surface area is 174 Å². The van der Waals surface area contributed by atoms with E-state index in [2.05, 4.69) is 28.6 Å². The van der Waals surface area contributed by atoms with Crippen LogP contribution in [0.4, 0.5) is 0 Å². The second-order valence-electron chi connectivity index (χ2n) is 7.67. The van der Waals surface area contributed by atoms with Crippen LogP contribution < -0.4 is 16.6 Å². The summed E-state index contributed by atoms with van der Waals surface area (Å²) in [5.41, 5.74) is -0.521. The smallest absolute Gasteiger partial charge is 0.330 e. The van der Waals surface area contributed by atoms with Crippen molar-refractivity contribution in [2.75, 3.05) is 19.6 Å². The summed E-state index contributed by atoms with van der Waals surface area (Å²) in [7, 11) is 3.00. The number of likely N-dealkylation sites (tertiary alicyclic amines) is 1. The molecule has 3 heterocycles. The van der Waals surface area contributed by atoms with E-state index in [9.17, 15) is 14.4 Å². The van der Waals surface area contributed by atoms with E-state index in [4.69, 9.17) is 0 Å². The number of hydrogen-bond acceptors (Lipinski definition) is 5. The minimum absolute atomic E-state index is 0.158. The van der Waals surface area contributed by atoms with Gasteiger partial charge in [-0.3, -0.25) is 19.1 Å². The van der Waals surface area contributed by atoms with Crippen molar-refractivity contribution in [3.63, 3.8) is 0 Å². The van der Waals surface area contributed by atoms with E-state index in [1.54, 1.807) is 18.4 Å². The minimum atomic E-state index is -0.420. The molecule has 1 aliphatic heterocycles. The molecular formula is C21H28N4O3S. The first-order valence-electron chi connectivity index (χ1n) is 9.87. The van der Waals surface area contributed by atoms with Crippen LogP contribution in [-0.2, 0) is 18.9 Å². The molecule has 3 rings (SSSR count). The first kappa shape index (κ1) is 21.3. The zero-order chi connectivity index (χ0) is 21.0. The van der Waals surface area contributed by atoms with Gasteiger partial charge in [0, 0.05) is 37.8 Å². The van der Waals surface area contributed by atoms with E-state index >= 15 is 0 Å². The predicted molar refractivity (Wildman–Crippen MR) is 116 cm³/mol. The van der Waals surface area contributed by atoms with E-state index in [0.29, 0.717) is 12.1 Å². The number of amides is 1. The van der Waals surface area contributed by atoms with Gasteiger partial charge in [-0.15, -0.1) is 11.3 Å². The Balaban J connectivity index is 1.67. The predicted octanol–water partition coefficient (Wildman–Crippen LogP) is 1.75. The first-order chi connectivity index (χ1) is 13.9. The molecule has 1 saturated heterocycles. The van der Waals surface area contributed by atoms with E-state index in [1.165, 1.54) is 47.7 Å². The Kier molecular flexibility index (Phi) is 6.87. The number of rotatable bonds is 6. The van der Waals surface area contributed by atoms with Gasteiger partial charge in [0.2, 0.25) is 5.91 Å². The van der Waals surface area contributed by atoms with E-state index in [-0.39, 0.29) is 11.9 Å². The largest absolute Gasteiger partial charge is 0.351 e. The lowest BCUT2D eigenvalue weighted by Crippen LogP contribution is -2.41. The fourth-order valence-electron chi connectivity index (χ4n) is 3.60. The molecule has 2 aromatic rings. The Bertz CT molecular complexity index is 982. The molecule has 0 radical (unpaired) electrons. The maximum Gasteiger partial charge on any atom is 0.330 e. The van der Waals surface area contributed by atoms with Crippen LogP contribution in [0, 0.1) is 5.92 Å². The number of nitrogens with one attached hydrogen (secondary N) is 1. The summed E-state index contributed by atoms with van der Waals surface area (Å²) in [6.07, 6.45) is 6.60. The zero-order valence-corrected chi connectivity index (χ0v) is 17.9. The molecule has 1 N–H and O–H groups in total. The van der Waals surface area contributed by atoms with Gasteiger partial charge in [-0.25, -0.2) is 4.79 Å². The summed E-state index contributed by atoms with van der Waals surface area (Å²) in [6.45, 7) is 4.87. The first-order valence-corrected chi connectivity index (χ1v) is 10.7. The maximum absolute atomic E-state index is 12.4. The second kappa shape index (κ2) is 9.37. The van der Waals surface area contributed by atoms with Crippen molar-refractivity contribution < 1.29 is 4.79 Å². The van der Waals surface area contributed by atoms with Crippen molar-refractivity contribution in [1.82, 2.24) is 19.4 Å². The van der Waals surface area contributed by atoms with Gasteiger partial charge < -0.3 is 9.88 Å². The van der Waals surface area contributed by atoms with Gasteiger partial charge in [0.15, 0.2) is 0 Å². The van der Waals surface area contributed by atoms with Crippen LogP contribution in [0.5, 0.6) is 0 Å². The molecular weight excluding hydrogens is 388 g/mol. The van der Waals surface area contributed by atoms with Crippen LogP contribution in [0.15, 0.2) is 39.4 Å². The number of nitrogens with zero attached hydrogens (tertiary/aromatic N) is 3. The number of hydrogen-bond donors (Lipinski definition) is 1. The number of carbonyl (C=O) groups excluding carboxylic acids is 1. The normalized spacial score (nSPS) is 16.9. The molecule has 1 unspecified atom stereocenters. The molecule has 8 heteroatoms. The highest BCUT2D eigenvalue weighted by Crippen LogP contribution is 2.29. The number of aryl methyl sites for hydroxylation is 1. The van der Waals surface area contributed by atoms with Gasteiger partial charge in [-0.1, -0.05) is 13.0 Å². The van der Waals surface area contributed by atoms with Gasteiger partial charge in [0.25, 0.3) is 5.56 Å². The van der Waals surface area contributed by atoms with E-state index < -0.39 is 11.2 Å². The number of carbonyl (C=O) groups is 1. The molecule has 1 atom stereocenters. The topological polar surface area (TPSA) is 76.3 Å². The molecule has 1 aliphatic rings. The van der Waals surface area contributed by atoms with Crippen molar-refractivity contribution in [2.24, 2.45) is 20.0 Å². The summed E-state index contributed by atoms with van der Waals surface area (Å²) in [5, 5.41) is 5.03. The molecule has 0 aliphatic carbocycles. The molecule has 2 aromatic heterocycles. The Morgan fingerprint density at radius 3 is 2.69 bits per heavy atom. The second-order valence-corrected chi connectivity index (χ2v) is 8.65. The highest BCUT2D eigenvalue weighted by Gasteiger charge is 2.25. The highest BCUT2D eigenvalue weighted by molar-refractivity contribution is 7.10. The lowest BCUT2D eigenvalue weighted by atomic mass is 9.97. The summed E-state index contributed by atoms with van der Waals surface area (Å²) >= 11 is 1.71. The lowest BCUT2D eigenvalue weighted by molar-refractivity contribution is -0.116. The standard InChI is InChI=1S/C21H28N4O3S/c1-15-8-10-25(11-9-15)17(18-5-4-12-29-18)13-22-19(26)7-6-16-14-23(2)21(28)24(3)20(16)27/h4-7,12,14-15,17H,8-11,13H2,1-3H3,(H,22,26)/b7-6+. The molecule has 0 saturated carbocycles. The molecule has 1 fully saturated rings. The van der Waals surface area contributed by atoms with Crippen molar-refractivity contribution in [3.05, 3.63) is 61.1 Å². The van der Waals surface area contributed by atoms with E-state index in [0.717, 1.165) is 23.6 Å². The third-order valence-electron chi connectivity index (χ3n) is 5.49. The summed E-state index contributed by atoms with van der Waals surface area (Å²) in [5.74, 6) is 0.491. The third-order valence-corrected chi connectivity index (χ3v) is 6.46. The SMILES string of the molecule is CC1CCN(C(CNC(=O)/C=C/c2cn(C)c(=O)n(C)c2=O)c2cccs2)CC1. The van der Waals surface area contributed by atoms with E-state index in [1.807, 2.05) is 6.07 Å². The summed E-state index contributed by atoms with van der Waals surface area (Å²) in [6, 6.07) is 4.31. The maximum atomic E-state index is 12.4. The quantitative estimate of drug-likeness (QED) is 0.728. The minimum Gasteiger partial charge on any atom is -0.351 e. The van der Waals surface area contributed by atoms with Gasteiger partial charge in [-0.05, 0) is 49.4 Å². The average Bonchev–Trinajstić information content (AvgIpc) is 3.24. The average molecular weight is 417 g/mol. The van der Waals surface area contributed by atoms with Crippen LogP contribution in [0.2, 0.25) is 0 Å². The van der Waals surface area contributed by atoms with Gasteiger partial charge in [-0.2, -0.15) is 0 Å². The molecule has 1 amide bonds. The molecule has 156 valence electrons. The molecule has 0 bridgehead atoms. The van der Waals surface area contributed by atoms with Crippen LogP contribution in [0.3, 0.4) is 0 Å². The summed E-state index contributed by atoms with van der Waals surface area (Å²) in [4.78, 5) is 40.0. The molecule has 29 heavy (non-hydrogen) atoms. The van der Waals surface area contributed by atoms with Gasteiger partial charge in [0.05, 0.1) is 11.6 Å². The molecule has 0 spiro atoms. The zero-order valence-electron chi connectivity index (χ0n) is 17.1. The summed E-state index contributed by atoms with van der Waals surface area (Å²) < 4.78 is 2.35. The van der Waals surface area contributed by atoms with Gasteiger partial charge >= 0.3 is 5.69 Å². The highest BCUT2D eigenvalue weighted by atomic mass is 32.1. The van der Waals surface area contributed by atoms with Crippen molar-refractivity contribution in [1.29, 1.82) is 0 Å². The molecule has 0 aromatic carbocycles. The van der Waals surface area contributed by atoms with Crippen molar-refractivity contribution in [2.45, 2.75) is 25.8 Å². The third kappa shape index (κ3) is 5.13. The molecule has 7 nitrogen and oxygen atoms in total. The number of aromatic nitrogens is 2. The van der Waals surface area contributed by atoms with Crippen LogP contribution in [0.25, 0.3) is 6.08 Å². The number of thiophene rings is 1. The number of piperidine rings is 1. The van der Waals surface area contributed by atoms with Crippen LogP contribution >= 0.6 is 11.3 Å². The fourth-order valence-corrected chi connectivity index (χ4v) is 4.46. The fraction of sp³-hybridized carbons (Fsp3) is 0.476. The van der Waals surface area contributed by atoms with Crippen LogP contribution in [0.1, 0.15) is 36.2 Å².